The topological polar surface area (TPSA) is 60.2 Å². The molecule has 4 heterocycles. The summed E-state index contributed by atoms with van der Waals surface area (Å²) in [4.78, 5) is 16.2. The normalized spacial score (nSPS) is 20.5. The first kappa shape index (κ1) is 17.6. The van der Waals surface area contributed by atoms with E-state index < -0.39 is 0 Å². The highest BCUT2D eigenvalue weighted by atomic mass is 32.1. The van der Waals surface area contributed by atoms with Gasteiger partial charge in [-0.3, -0.25) is 4.79 Å². The van der Waals surface area contributed by atoms with Gasteiger partial charge in [0.1, 0.15) is 5.69 Å². The Morgan fingerprint density at radius 1 is 1.25 bits per heavy atom. The molecule has 0 N–H and O–H groups in total. The summed E-state index contributed by atoms with van der Waals surface area (Å²) in [5.74, 6) is -0.0195. The molecular weight excluding hydrogens is 372 g/mol. The highest BCUT2D eigenvalue weighted by Crippen LogP contribution is 2.37. The van der Waals surface area contributed by atoms with Crippen molar-refractivity contribution in [2.75, 3.05) is 19.7 Å². The van der Waals surface area contributed by atoms with Crippen LogP contribution in [0, 0.1) is 5.92 Å². The number of likely N-dealkylation sites (tertiary alicyclic amines) is 1. The van der Waals surface area contributed by atoms with Crippen LogP contribution >= 0.6 is 11.3 Å². The quantitative estimate of drug-likeness (QED) is 0.681. The van der Waals surface area contributed by atoms with E-state index in [0.717, 1.165) is 17.7 Å². The number of rotatable bonds is 4. The smallest absolute Gasteiger partial charge is 0.228 e. The number of nitrogens with zero attached hydrogens (tertiary/aromatic N) is 4. The lowest BCUT2D eigenvalue weighted by atomic mass is 9.92. The number of thiophene rings is 1. The van der Waals surface area contributed by atoms with E-state index in [1.54, 1.807) is 11.3 Å². The van der Waals surface area contributed by atoms with E-state index in [4.69, 9.17) is 4.74 Å². The minimum atomic E-state index is -0.176. The minimum Gasteiger partial charge on any atom is -0.372 e. The van der Waals surface area contributed by atoms with Gasteiger partial charge in [0.15, 0.2) is 0 Å². The molecule has 2 aliphatic rings. The van der Waals surface area contributed by atoms with Crippen molar-refractivity contribution in [1.29, 1.82) is 0 Å². The number of aromatic nitrogens is 3. The Labute approximate surface area is 167 Å². The largest absolute Gasteiger partial charge is 0.372 e. The summed E-state index contributed by atoms with van der Waals surface area (Å²) in [6.07, 6.45) is 2.79. The summed E-state index contributed by atoms with van der Waals surface area (Å²) in [5, 5.41) is 10.6. The Hall–Kier alpha value is -2.51. The van der Waals surface area contributed by atoms with Crippen molar-refractivity contribution in [2.45, 2.75) is 25.5 Å². The molecule has 2 aliphatic heterocycles. The molecule has 0 spiro atoms. The van der Waals surface area contributed by atoms with Gasteiger partial charge in [-0.2, -0.15) is 0 Å². The van der Waals surface area contributed by atoms with Gasteiger partial charge in [0, 0.05) is 30.0 Å². The molecule has 1 fully saturated rings. The van der Waals surface area contributed by atoms with Crippen LogP contribution in [0.1, 0.15) is 29.5 Å². The number of hydrogen-bond donors (Lipinski definition) is 0. The van der Waals surface area contributed by atoms with E-state index in [2.05, 4.69) is 21.8 Å². The van der Waals surface area contributed by atoms with E-state index in [-0.39, 0.29) is 24.0 Å². The predicted octanol–water partition coefficient (Wildman–Crippen LogP) is 3.34. The summed E-state index contributed by atoms with van der Waals surface area (Å²) < 4.78 is 7.84. The van der Waals surface area contributed by atoms with E-state index in [9.17, 15) is 4.79 Å². The molecule has 144 valence electrons. The number of fused-ring (bicyclic) bond motifs is 1. The standard InChI is InChI=1S/C21H22N4O2S/c1-14(20-17-8-10-28-19(17)7-9-27-20)21(26)24-11-16(12-24)25-13-18(22-23-25)15-5-3-2-4-6-15/h2-6,8,10,13-14,16,20H,7,9,11-12H2,1H3. The molecule has 2 unspecified atom stereocenters. The lowest BCUT2D eigenvalue weighted by Crippen LogP contribution is -2.53. The molecule has 0 saturated carbocycles. The zero-order valence-corrected chi connectivity index (χ0v) is 16.5. The monoisotopic (exact) mass is 394 g/mol. The van der Waals surface area contributed by atoms with Crippen molar-refractivity contribution in [3.63, 3.8) is 0 Å². The molecule has 2 aromatic heterocycles. The Balaban J connectivity index is 1.23. The molecular formula is C21H22N4O2S. The molecule has 1 aromatic carbocycles. The average molecular weight is 395 g/mol. The van der Waals surface area contributed by atoms with Crippen LogP contribution < -0.4 is 0 Å². The van der Waals surface area contributed by atoms with Gasteiger partial charge in [0.05, 0.1) is 30.9 Å². The highest BCUT2D eigenvalue weighted by molar-refractivity contribution is 7.10. The first-order valence-electron chi connectivity index (χ1n) is 9.64. The Morgan fingerprint density at radius 2 is 2.07 bits per heavy atom. The van der Waals surface area contributed by atoms with Gasteiger partial charge < -0.3 is 9.64 Å². The summed E-state index contributed by atoms with van der Waals surface area (Å²) in [5.41, 5.74) is 3.10. The molecule has 0 bridgehead atoms. The van der Waals surface area contributed by atoms with Gasteiger partial charge in [-0.05, 0) is 17.0 Å². The first-order valence-corrected chi connectivity index (χ1v) is 10.5. The molecule has 0 aliphatic carbocycles. The van der Waals surface area contributed by atoms with Crippen molar-refractivity contribution >= 4 is 17.2 Å². The fourth-order valence-electron chi connectivity index (χ4n) is 4.01. The lowest BCUT2D eigenvalue weighted by molar-refractivity contribution is -0.147. The molecule has 0 radical (unpaired) electrons. The first-order chi connectivity index (χ1) is 13.7. The second kappa shape index (κ2) is 7.14. The zero-order chi connectivity index (χ0) is 19.1. The lowest BCUT2D eigenvalue weighted by Gasteiger charge is -2.41. The molecule has 6 nitrogen and oxygen atoms in total. The Bertz CT molecular complexity index is 977. The van der Waals surface area contributed by atoms with Crippen LogP contribution in [0.25, 0.3) is 11.3 Å². The molecule has 28 heavy (non-hydrogen) atoms. The zero-order valence-electron chi connectivity index (χ0n) is 15.7. The fourth-order valence-corrected chi connectivity index (χ4v) is 4.91. The van der Waals surface area contributed by atoms with Crippen LogP contribution in [-0.4, -0.2) is 45.5 Å². The third kappa shape index (κ3) is 3.04. The van der Waals surface area contributed by atoms with Gasteiger partial charge in [0.25, 0.3) is 0 Å². The minimum absolute atomic E-state index is 0.127. The SMILES string of the molecule is CC(C(=O)N1CC(n2cc(-c3ccccc3)nn2)C1)C1OCCc2sccc21. The average Bonchev–Trinajstić information content (AvgIpc) is 3.36. The Kier molecular flexibility index (Phi) is 4.49. The molecule has 2 atom stereocenters. The van der Waals surface area contributed by atoms with Crippen LogP contribution in [-0.2, 0) is 16.0 Å². The summed E-state index contributed by atoms with van der Waals surface area (Å²) in [7, 11) is 0. The highest BCUT2D eigenvalue weighted by Gasteiger charge is 2.39. The van der Waals surface area contributed by atoms with Gasteiger partial charge in [-0.1, -0.05) is 42.5 Å². The number of carbonyl (C=O) groups is 1. The third-order valence-corrected chi connectivity index (χ3v) is 6.68. The molecule has 7 heteroatoms. The van der Waals surface area contributed by atoms with Crippen molar-refractivity contribution in [3.8, 4) is 11.3 Å². The maximum absolute atomic E-state index is 13.0. The van der Waals surface area contributed by atoms with Crippen LogP contribution in [0.4, 0.5) is 0 Å². The second-order valence-electron chi connectivity index (χ2n) is 7.48. The van der Waals surface area contributed by atoms with E-state index in [1.165, 1.54) is 10.4 Å². The second-order valence-corrected chi connectivity index (χ2v) is 8.48. The summed E-state index contributed by atoms with van der Waals surface area (Å²) in [6, 6.07) is 12.3. The molecule has 3 aromatic rings. The predicted molar refractivity (Wildman–Crippen MR) is 107 cm³/mol. The van der Waals surface area contributed by atoms with Crippen molar-refractivity contribution in [1.82, 2.24) is 19.9 Å². The van der Waals surface area contributed by atoms with Gasteiger partial charge in [0.2, 0.25) is 5.91 Å². The number of benzene rings is 1. The maximum atomic E-state index is 13.0. The van der Waals surface area contributed by atoms with Crippen LogP contribution in [0.2, 0.25) is 0 Å². The van der Waals surface area contributed by atoms with E-state index >= 15 is 0 Å². The number of ether oxygens (including phenoxy) is 1. The number of carbonyl (C=O) groups excluding carboxylic acids is 1. The van der Waals surface area contributed by atoms with Crippen molar-refractivity contribution < 1.29 is 9.53 Å². The summed E-state index contributed by atoms with van der Waals surface area (Å²) in [6.45, 7) is 4.02. The molecule has 1 amide bonds. The van der Waals surface area contributed by atoms with Gasteiger partial charge in [-0.15, -0.1) is 16.4 Å². The third-order valence-electron chi connectivity index (χ3n) is 5.68. The Morgan fingerprint density at radius 3 is 2.89 bits per heavy atom. The van der Waals surface area contributed by atoms with E-state index in [0.29, 0.717) is 19.7 Å². The van der Waals surface area contributed by atoms with Crippen molar-refractivity contribution in [3.05, 3.63) is 58.4 Å². The number of amides is 1. The molecule has 1 saturated heterocycles. The fraction of sp³-hybridized carbons (Fsp3) is 0.381. The van der Waals surface area contributed by atoms with Crippen molar-refractivity contribution in [2.24, 2.45) is 5.92 Å². The van der Waals surface area contributed by atoms with E-state index in [1.807, 2.05) is 53.0 Å². The summed E-state index contributed by atoms with van der Waals surface area (Å²) >= 11 is 1.76. The maximum Gasteiger partial charge on any atom is 0.228 e. The van der Waals surface area contributed by atoms with Crippen LogP contribution in [0.5, 0.6) is 0 Å². The van der Waals surface area contributed by atoms with Crippen LogP contribution in [0.15, 0.2) is 48.0 Å². The molecule has 5 rings (SSSR count). The van der Waals surface area contributed by atoms with Crippen LogP contribution in [0.3, 0.4) is 0 Å². The van der Waals surface area contributed by atoms with Gasteiger partial charge >= 0.3 is 0 Å². The van der Waals surface area contributed by atoms with Gasteiger partial charge in [-0.25, -0.2) is 4.68 Å². The number of hydrogen-bond acceptors (Lipinski definition) is 5.